The van der Waals surface area contributed by atoms with Crippen LogP contribution in [0.3, 0.4) is 0 Å². The summed E-state index contributed by atoms with van der Waals surface area (Å²) in [6.07, 6.45) is 8.29. The summed E-state index contributed by atoms with van der Waals surface area (Å²) in [4.78, 5) is 23.7. The van der Waals surface area contributed by atoms with Gasteiger partial charge in [0, 0.05) is 31.2 Å². The molecule has 1 aliphatic carbocycles. The minimum absolute atomic E-state index is 0.189. The lowest BCUT2D eigenvalue weighted by molar-refractivity contribution is -0.139. The lowest BCUT2D eigenvalue weighted by atomic mass is 10.2. The van der Waals surface area contributed by atoms with E-state index < -0.39 is 11.8 Å². The summed E-state index contributed by atoms with van der Waals surface area (Å²) in [7, 11) is 3.12. The fourth-order valence-electron chi connectivity index (χ4n) is 2.28. The molecule has 7 heteroatoms. The summed E-state index contributed by atoms with van der Waals surface area (Å²) in [6.45, 7) is 0.516. The van der Waals surface area contributed by atoms with Gasteiger partial charge in [-0.2, -0.15) is 0 Å². The van der Waals surface area contributed by atoms with Gasteiger partial charge in [-0.1, -0.05) is 6.08 Å². The molecule has 0 bridgehead atoms. The molecule has 25 heavy (non-hydrogen) atoms. The molecule has 0 aliphatic heterocycles. The summed E-state index contributed by atoms with van der Waals surface area (Å²) >= 11 is 0. The molecule has 1 heterocycles. The van der Waals surface area contributed by atoms with Gasteiger partial charge in [-0.05, 0) is 24.6 Å². The third kappa shape index (κ3) is 5.56. The third-order valence-electron chi connectivity index (χ3n) is 3.61. The molecule has 1 aromatic rings. The number of furan rings is 1. The average molecular weight is 346 g/mol. The maximum Gasteiger partial charge on any atom is 0.309 e. The molecule has 0 saturated carbocycles. The smallest absolute Gasteiger partial charge is 0.309 e. The number of nitrogens with one attached hydrogen (secondary N) is 2. The minimum atomic E-state index is -0.694. The summed E-state index contributed by atoms with van der Waals surface area (Å²) in [5.74, 6) is 0.647. The Balaban J connectivity index is 1.80. The van der Waals surface area contributed by atoms with Crippen molar-refractivity contribution in [2.75, 3.05) is 27.3 Å². The predicted molar refractivity (Wildman–Crippen MR) is 91.3 cm³/mol. The van der Waals surface area contributed by atoms with Crippen molar-refractivity contribution in [1.29, 1.82) is 0 Å². The first-order valence-corrected chi connectivity index (χ1v) is 7.91. The molecule has 0 spiro atoms. The molecular weight excluding hydrogens is 324 g/mol. The topological polar surface area (TPSA) is 89.8 Å². The van der Waals surface area contributed by atoms with Crippen LogP contribution < -0.4 is 10.6 Å². The molecule has 1 aromatic heterocycles. The molecule has 0 saturated heterocycles. The van der Waals surface area contributed by atoms with E-state index in [9.17, 15) is 9.59 Å². The van der Waals surface area contributed by atoms with Crippen LogP contribution in [0.25, 0.3) is 0 Å². The van der Waals surface area contributed by atoms with Crippen LogP contribution >= 0.6 is 0 Å². The van der Waals surface area contributed by atoms with Gasteiger partial charge in [0.1, 0.15) is 17.3 Å². The van der Waals surface area contributed by atoms with E-state index in [0.29, 0.717) is 30.9 Å². The van der Waals surface area contributed by atoms with E-state index in [1.54, 1.807) is 32.6 Å². The molecule has 2 N–H and O–H groups in total. The molecule has 2 rings (SSSR count). The first-order valence-electron chi connectivity index (χ1n) is 7.91. The molecule has 0 atom stereocenters. The summed E-state index contributed by atoms with van der Waals surface area (Å²) < 4.78 is 15.7. The van der Waals surface area contributed by atoms with Crippen LogP contribution in [0.2, 0.25) is 0 Å². The number of ether oxygens (including phenoxy) is 2. The second-order valence-electron chi connectivity index (χ2n) is 5.26. The molecule has 7 nitrogen and oxygen atoms in total. The highest BCUT2D eigenvalue weighted by Gasteiger charge is 2.16. The number of hydrogen-bond donors (Lipinski definition) is 2. The third-order valence-corrected chi connectivity index (χ3v) is 3.61. The van der Waals surface area contributed by atoms with Gasteiger partial charge in [0.2, 0.25) is 0 Å². The number of hydrogen-bond acceptors (Lipinski definition) is 5. The summed E-state index contributed by atoms with van der Waals surface area (Å²) in [5.41, 5.74) is 0.780. The van der Waals surface area contributed by atoms with Crippen LogP contribution in [0.1, 0.15) is 12.2 Å². The zero-order valence-electron chi connectivity index (χ0n) is 14.3. The largest absolute Gasteiger partial charge is 0.497 e. The number of allylic oxidation sites excluding steroid dienone is 3. The highest BCUT2D eigenvalue weighted by atomic mass is 16.5. The van der Waals surface area contributed by atoms with Crippen molar-refractivity contribution in [3.8, 4) is 0 Å². The maximum atomic E-state index is 11.9. The highest BCUT2D eigenvalue weighted by molar-refractivity contribution is 6.35. The van der Waals surface area contributed by atoms with E-state index in [1.807, 2.05) is 18.2 Å². The van der Waals surface area contributed by atoms with Crippen molar-refractivity contribution in [2.24, 2.45) is 0 Å². The zero-order valence-corrected chi connectivity index (χ0v) is 14.3. The van der Waals surface area contributed by atoms with Gasteiger partial charge in [0.25, 0.3) is 0 Å². The maximum absolute atomic E-state index is 11.9. The van der Waals surface area contributed by atoms with Gasteiger partial charge in [-0.15, -0.1) is 0 Å². The Morgan fingerprint density at radius 1 is 1.16 bits per heavy atom. The second-order valence-corrected chi connectivity index (χ2v) is 5.26. The fraction of sp³-hybridized carbons (Fsp3) is 0.333. The Hall–Kier alpha value is -2.96. The van der Waals surface area contributed by atoms with Crippen LogP contribution in [0.5, 0.6) is 0 Å². The minimum Gasteiger partial charge on any atom is -0.497 e. The number of amides is 2. The average Bonchev–Trinajstić information content (AvgIpc) is 3.05. The number of methoxy groups -OCH3 is 2. The molecule has 0 fully saturated rings. The van der Waals surface area contributed by atoms with Crippen LogP contribution in [-0.2, 0) is 25.5 Å². The highest BCUT2D eigenvalue weighted by Crippen LogP contribution is 2.18. The Labute approximate surface area is 146 Å². The summed E-state index contributed by atoms with van der Waals surface area (Å²) in [6, 6.07) is 3.58. The molecule has 1 aliphatic rings. The van der Waals surface area contributed by atoms with Crippen LogP contribution in [0, 0.1) is 0 Å². The molecular formula is C18H22N2O5. The van der Waals surface area contributed by atoms with Crippen LogP contribution in [0.4, 0.5) is 0 Å². The lowest BCUT2D eigenvalue weighted by Crippen LogP contribution is -2.41. The van der Waals surface area contributed by atoms with E-state index >= 15 is 0 Å². The molecule has 0 unspecified atom stereocenters. The van der Waals surface area contributed by atoms with Crippen molar-refractivity contribution in [3.63, 3.8) is 0 Å². The number of carbonyl (C=O) groups is 2. The second kappa shape index (κ2) is 9.36. The van der Waals surface area contributed by atoms with E-state index in [4.69, 9.17) is 13.9 Å². The van der Waals surface area contributed by atoms with E-state index in [-0.39, 0.29) is 6.54 Å². The van der Waals surface area contributed by atoms with Gasteiger partial charge >= 0.3 is 11.8 Å². The molecule has 2 amide bonds. The van der Waals surface area contributed by atoms with E-state index in [1.165, 1.54) is 0 Å². The monoisotopic (exact) mass is 346 g/mol. The predicted octanol–water partition coefficient (Wildman–Crippen LogP) is 1.45. The normalized spacial score (nSPS) is 13.8. The van der Waals surface area contributed by atoms with Gasteiger partial charge in [0.05, 0.1) is 20.5 Å². The summed E-state index contributed by atoms with van der Waals surface area (Å²) in [5, 5.41) is 5.15. The van der Waals surface area contributed by atoms with Gasteiger partial charge in [-0.25, -0.2) is 0 Å². The van der Waals surface area contributed by atoms with Gasteiger partial charge < -0.3 is 24.5 Å². The van der Waals surface area contributed by atoms with E-state index in [0.717, 1.165) is 11.3 Å². The van der Waals surface area contributed by atoms with Crippen LogP contribution in [-0.4, -0.2) is 39.1 Å². The Morgan fingerprint density at radius 3 is 2.64 bits per heavy atom. The van der Waals surface area contributed by atoms with Crippen molar-refractivity contribution >= 4 is 11.8 Å². The fourth-order valence-corrected chi connectivity index (χ4v) is 2.28. The van der Waals surface area contributed by atoms with Gasteiger partial charge in [-0.3, -0.25) is 9.59 Å². The molecule has 0 aromatic carbocycles. The lowest BCUT2D eigenvalue weighted by Gasteiger charge is -2.12. The quantitative estimate of drug-likeness (QED) is 0.729. The first-order chi connectivity index (χ1) is 12.1. The van der Waals surface area contributed by atoms with E-state index in [2.05, 4.69) is 10.6 Å². The van der Waals surface area contributed by atoms with Gasteiger partial charge in [0.15, 0.2) is 0 Å². The standard InChI is InChI=1S/C18H22N2O5/c1-23-15-6-3-5-13(16(11-15)24-2)12-20-18(22)17(21)19-9-8-14-7-4-10-25-14/h4-7,10-11H,3,8-9,12H2,1-2H3,(H,19,21)(H,20,22). The molecule has 134 valence electrons. The SMILES string of the molecule is COC1=CCC=C(CNC(=O)C(=O)NCCc2ccco2)C(OC)=C1. The van der Waals surface area contributed by atoms with Crippen molar-refractivity contribution in [3.05, 3.63) is 59.5 Å². The zero-order chi connectivity index (χ0) is 18.1. The molecule has 0 radical (unpaired) electrons. The number of carbonyl (C=O) groups excluding carboxylic acids is 2. The Morgan fingerprint density at radius 2 is 1.96 bits per heavy atom. The Bertz CT molecular complexity index is 686. The first kappa shape index (κ1) is 18.4. The van der Waals surface area contributed by atoms with Crippen LogP contribution in [0.15, 0.2) is 58.1 Å². The Kier molecular flexibility index (Phi) is 6.88. The van der Waals surface area contributed by atoms with Crippen molar-refractivity contribution in [2.45, 2.75) is 12.8 Å². The van der Waals surface area contributed by atoms with Crippen molar-refractivity contribution in [1.82, 2.24) is 10.6 Å². The van der Waals surface area contributed by atoms with Crippen molar-refractivity contribution < 1.29 is 23.5 Å². The number of rotatable bonds is 7.